The minimum absolute atomic E-state index is 0. The number of pyridine rings is 2. The molecule has 197 valence electrons. The number of fused-ring (bicyclic) bond motifs is 3. The van der Waals surface area contributed by atoms with Gasteiger partial charge in [0.15, 0.2) is 0 Å². The predicted octanol–water partition coefficient (Wildman–Crippen LogP) is 9.28. The number of nitrogens with zero attached hydrogens (tertiary/aromatic N) is 2. The van der Waals surface area contributed by atoms with Gasteiger partial charge in [-0.05, 0) is 49.0 Å². The fourth-order valence-corrected chi connectivity index (χ4v) is 4.70. The molecular weight excluding hydrogens is 669 g/mol. The molecule has 0 N–H and O–H groups in total. The van der Waals surface area contributed by atoms with Crippen LogP contribution in [0.5, 0.6) is 0 Å². The van der Waals surface area contributed by atoms with Gasteiger partial charge in [0.1, 0.15) is 5.58 Å². The third kappa shape index (κ3) is 5.65. The zero-order valence-corrected chi connectivity index (χ0v) is 24.6. The van der Waals surface area contributed by atoms with E-state index in [4.69, 9.17) is 4.42 Å². The average molecular weight is 695 g/mol. The summed E-state index contributed by atoms with van der Waals surface area (Å²) in [5, 5.41) is 2.25. The molecule has 1 radical (unpaired) electrons. The molecule has 3 heterocycles. The Morgan fingerprint density at radius 3 is 2.25 bits per heavy atom. The molecule has 40 heavy (non-hydrogen) atoms. The van der Waals surface area contributed by atoms with Crippen LogP contribution in [0.4, 0.5) is 0 Å². The molecule has 0 atom stereocenters. The van der Waals surface area contributed by atoms with Gasteiger partial charge in [-0.15, -0.1) is 48.0 Å². The van der Waals surface area contributed by atoms with Crippen molar-refractivity contribution < 1.29 is 24.5 Å². The molecule has 0 fully saturated rings. The Balaban J connectivity index is 0.000000158. The van der Waals surface area contributed by atoms with E-state index in [0.29, 0.717) is 0 Å². The van der Waals surface area contributed by atoms with Crippen molar-refractivity contribution in [2.75, 3.05) is 0 Å². The van der Waals surface area contributed by atoms with Crippen molar-refractivity contribution in [2.45, 2.75) is 13.8 Å². The summed E-state index contributed by atoms with van der Waals surface area (Å²) in [7, 11) is 0. The predicted molar refractivity (Wildman–Crippen MR) is 159 cm³/mol. The summed E-state index contributed by atoms with van der Waals surface area (Å²) in [6.07, 6.45) is 3.61. The fraction of sp³-hybridized carbons (Fsp3) is 0.0556. The normalized spacial score (nSPS) is 10.6. The summed E-state index contributed by atoms with van der Waals surface area (Å²) in [6.45, 7) is 4.14. The number of rotatable bonds is 3. The Morgan fingerprint density at radius 1 is 0.675 bits per heavy atom. The van der Waals surface area contributed by atoms with E-state index in [1.54, 1.807) is 6.20 Å². The molecule has 0 unspecified atom stereocenters. The third-order valence-electron chi connectivity index (χ3n) is 6.69. The van der Waals surface area contributed by atoms with Crippen molar-refractivity contribution >= 4 is 21.9 Å². The first-order chi connectivity index (χ1) is 19.2. The van der Waals surface area contributed by atoms with E-state index in [1.807, 2.05) is 66.9 Å². The van der Waals surface area contributed by atoms with Crippen LogP contribution < -0.4 is 0 Å². The number of aromatic nitrogens is 2. The number of benzene rings is 4. The van der Waals surface area contributed by atoms with Crippen LogP contribution in [0.25, 0.3) is 55.6 Å². The number of hydrogen-bond donors (Lipinski definition) is 0. The van der Waals surface area contributed by atoms with E-state index >= 15 is 0 Å². The van der Waals surface area contributed by atoms with Gasteiger partial charge in [-0.2, -0.15) is 0 Å². The molecule has 0 saturated heterocycles. The van der Waals surface area contributed by atoms with Crippen LogP contribution in [0, 0.1) is 26.0 Å². The number of furan rings is 1. The number of hydrogen-bond acceptors (Lipinski definition) is 3. The molecule has 0 amide bonds. The van der Waals surface area contributed by atoms with Crippen LogP contribution in [0.15, 0.2) is 126 Å². The molecule has 0 aliphatic carbocycles. The summed E-state index contributed by atoms with van der Waals surface area (Å²) < 4.78 is 6.05. The standard InChI is InChI=1S/C18H12NO.C18H14N.Ir/c1-12-8-9-13-14-5-4-6-15(16-7-2-3-10-19-16)18(14)20-17(13)11-12;1-14-6-5-13-19-18(14)17-11-9-16(10-12-17)15-7-3-2-4-8-15;/h2-5,7-11H,1H3;2-11,13H,1H3;/q2*-1;. The van der Waals surface area contributed by atoms with Crippen LogP contribution >= 0.6 is 0 Å². The van der Waals surface area contributed by atoms with Crippen molar-refractivity contribution in [3.63, 3.8) is 0 Å². The van der Waals surface area contributed by atoms with Crippen LogP contribution in [-0.4, -0.2) is 9.97 Å². The summed E-state index contributed by atoms with van der Waals surface area (Å²) in [6, 6.07) is 43.3. The third-order valence-corrected chi connectivity index (χ3v) is 6.69. The SMILES string of the molecule is Cc1ccc2c(c1)oc1c(-c3ccccn3)[c-]ccc12.Cc1cccnc1-c1[c-]cc(-c2ccccc2)cc1.[Ir]. The summed E-state index contributed by atoms with van der Waals surface area (Å²) in [5.41, 5.74) is 10.4. The molecule has 0 aliphatic heterocycles. The van der Waals surface area contributed by atoms with Crippen molar-refractivity contribution in [1.82, 2.24) is 9.97 Å². The van der Waals surface area contributed by atoms with Crippen molar-refractivity contribution in [1.29, 1.82) is 0 Å². The topological polar surface area (TPSA) is 38.9 Å². The maximum Gasteiger partial charge on any atom is 0.121 e. The van der Waals surface area contributed by atoms with Gasteiger partial charge in [0, 0.05) is 37.9 Å². The first kappa shape index (κ1) is 27.2. The van der Waals surface area contributed by atoms with Crippen molar-refractivity contribution in [3.8, 4) is 33.6 Å². The summed E-state index contributed by atoms with van der Waals surface area (Å²) >= 11 is 0. The Bertz CT molecular complexity index is 1860. The Morgan fingerprint density at radius 2 is 1.50 bits per heavy atom. The van der Waals surface area contributed by atoms with E-state index in [2.05, 4.69) is 84.5 Å². The Labute approximate surface area is 247 Å². The maximum absolute atomic E-state index is 6.05. The molecular formula is C36H26IrN2O-2. The fourth-order valence-electron chi connectivity index (χ4n) is 4.70. The van der Waals surface area contributed by atoms with Gasteiger partial charge < -0.3 is 14.4 Å². The summed E-state index contributed by atoms with van der Waals surface area (Å²) in [4.78, 5) is 8.82. The minimum Gasteiger partial charge on any atom is -0.501 e. The molecule has 0 aliphatic rings. The maximum atomic E-state index is 6.05. The van der Waals surface area contributed by atoms with E-state index in [1.165, 1.54) is 22.3 Å². The zero-order valence-electron chi connectivity index (χ0n) is 22.2. The Kier molecular flexibility index (Phi) is 8.31. The van der Waals surface area contributed by atoms with Crippen LogP contribution in [0.2, 0.25) is 0 Å². The van der Waals surface area contributed by atoms with E-state index in [0.717, 1.165) is 44.5 Å². The van der Waals surface area contributed by atoms with Gasteiger partial charge in [-0.1, -0.05) is 88.3 Å². The monoisotopic (exact) mass is 695 g/mol. The molecule has 3 nitrogen and oxygen atoms in total. The second kappa shape index (κ2) is 12.2. The molecule has 4 heteroatoms. The second-order valence-corrected chi connectivity index (χ2v) is 9.44. The van der Waals surface area contributed by atoms with Gasteiger partial charge in [-0.3, -0.25) is 0 Å². The molecule has 0 saturated carbocycles. The molecule has 7 aromatic rings. The first-order valence-electron chi connectivity index (χ1n) is 12.9. The van der Waals surface area contributed by atoms with E-state index in [9.17, 15) is 0 Å². The van der Waals surface area contributed by atoms with Crippen molar-refractivity contribution in [3.05, 3.63) is 145 Å². The van der Waals surface area contributed by atoms with Crippen LogP contribution in [-0.2, 0) is 20.1 Å². The number of aryl methyl sites for hydroxylation is 2. The molecule has 4 aromatic carbocycles. The quantitative estimate of drug-likeness (QED) is 0.173. The van der Waals surface area contributed by atoms with Gasteiger partial charge in [0.2, 0.25) is 0 Å². The molecule has 3 aromatic heterocycles. The summed E-state index contributed by atoms with van der Waals surface area (Å²) in [5.74, 6) is 0. The smallest absolute Gasteiger partial charge is 0.121 e. The van der Waals surface area contributed by atoms with Crippen LogP contribution in [0.1, 0.15) is 11.1 Å². The molecule has 0 bridgehead atoms. The van der Waals surface area contributed by atoms with Crippen LogP contribution in [0.3, 0.4) is 0 Å². The largest absolute Gasteiger partial charge is 0.501 e. The van der Waals surface area contributed by atoms with E-state index < -0.39 is 0 Å². The first-order valence-corrected chi connectivity index (χ1v) is 12.9. The molecule has 0 spiro atoms. The minimum atomic E-state index is 0. The zero-order chi connectivity index (χ0) is 26.6. The van der Waals surface area contributed by atoms with Gasteiger partial charge in [0.25, 0.3) is 0 Å². The van der Waals surface area contributed by atoms with Gasteiger partial charge >= 0.3 is 0 Å². The van der Waals surface area contributed by atoms with Crippen molar-refractivity contribution in [2.24, 2.45) is 0 Å². The van der Waals surface area contributed by atoms with Gasteiger partial charge in [-0.25, -0.2) is 0 Å². The Hall–Kier alpha value is -4.37. The second-order valence-electron chi connectivity index (χ2n) is 9.44. The van der Waals surface area contributed by atoms with E-state index in [-0.39, 0.29) is 20.1 Å². The average Bonchev–Trinajstić information content (AvgIpc) is 3.36. The van der Waals surface area contributed by atoms with Gasteiger partial charge in [0.05, 0.1) is 5.58 Å². The molecule has 7 rings (SSSR count).